The van der Waals surface area contributed by atoms with Crippen LogP contribution in [0.15, 0.2) is 35.2 Å². The molecule has 1 saturated heterocycles. The van der Waals surface area contributed by atoms with Gasteiger partial charge < -0.3 is 14.8 Å². The molecule has 0 radical (unpaired) electrons. The van der Waals surface area contributed by atoms with E-state index in [1.807, 2.05) is 58.0 Å². The SMILES string of the molecule is COc1ccc([C@@H](C)NC(=O)C2CCN(S(=O)(=O)c3c(C)cc(C)cc3C)CC2)cc1OC. The molecule has 0 bridgehead atoms. The van der Waals surface area contributed by atoms with Gasteiger partial charge in [0.25, 0.3) is 0 Å². The molecule has 1 aliphatic heterocycles. The van der Waals surface area contributed by atoms with E-state index in [9.17, 15) is 13.2 Å². The number of hydrogen-bond donors (Lipinski definition) is 1. The second-order valence-corrected chi connectivity index (χ2v) is 10.6. The Balaban J connectivity index is 1.64. The number of amides is 1. The number of sulfonamides is 1. The lowest BCUT2D eigenvalue weighted by Crippen LogP contribution is -2.43. The number of nitrogens with one attached hydrogen (secondary N) is 1. The Morgan fingerprint density at radius 3 is 2.12 bits per heavy atom. The molecule has 1 amide bonds. The topological polar surface area (TPSA) is 84.9 Å². The van der Waals surface area contributed by atoms with Gasteiger partial charge in [0, 0.05) is 19.0 Å². The molecule has 2 aromatic carbocycles. The maximum absolute atomic E-state index is 13.3. The van der Waals surface area contributed by atoms with Crippen molar-refractivity contribution in [3.63, 3.8) is 0 Å². The zero-order chi connectivity index (χ0) is 24.3. The minimum Gasteiger partial charge on any atom is -0.493 e. The molecule has 1 N–H and O–H groups in total. The number of carbonyl (C=O) groups is 1. The van der Waals surface area contributed by atoms with Gasteiger partial charge in [-0.3, -0.25) is 4.79 Å². The summed E-state index contributed by atoms with van der Waals surface area (Å²) in [6.07, 6.45) is 0.987. The molecular weight excluding hydrogens is 440 g/mol. The highest BCUT2D eigenvalue weighted by Gasteiger charge is 2.34. The fourth-order valence-electron chi connectivity index (χ4n) is 4.60. The van der Waals surface area contributed by atoms with E-state index in [2.05, 4.69) is 5.32 Å². The Morgan fingerprint density at radius 2 is 1.58 bits per heavy atom. The summed E-state index contributed by atoms with van der Waals surface area (Å²) in [5.41, 5.74) is 3.47. The third kappa shape index (κ3) is 5.33. The van der Waals surface area contributed by atoms with Crippen molar-refractivity contribution < 1.29 is 22.7 Å². The first-order valence-electron chi connectivity index (χ1n) is 11.2. The summed E-state index contributed by atoms with van der Waals surface area (Å²) in [4.78, 5) is 13.3. The Hall–Kier alpha value is -2.58. The fraction of sp³-hybridized carbons (Fsp3) is 0.480. The standard InChI is InChI=1S/C25H34N2O5S/c1-16-13-17(2)24(18(3)14-16)33(29,30)27-11-9-20(10-12-27)25(28)26-19(4)21-7-8-22(31-5)23(15-21)32-6/h7-8,13-15,19-20H,9-12H2,1-6H3,(H,26,28)/t19-/m1/s1. The molecule has 0 saturated carbocycles. The van der Waals surface area contributed by atoms with Crippen LogP contribution in [0.25, 0.3) is 0 Å². The van der Waals surface area contributed by atoms with Crippen LogP contribution >= 0.6 is 0 Å². The summed E-state index contributed by atoms with van der Waals surface area (Å²) < 4.78 is 38.7. The largest absolute Gasteiger partial charge is 0.493 e. The first kappa shape index (κ1) is 25.1. The Morgan fingerprint density at radius 1 is 1.00 bits per heavy atom. The van der Waals surface area contributed by atoms with Crippen LogP contribution in [0.3, 0.4) is 0 Å². The fourth-order valence-corrected chi connectivity index (χ4v) is 6.48. The monoisotopic (exact) mass is 474 g/mol. The van der Waals surface area contributed by atoms with Gasteiger partial charge in [0.15, 0.2) is 11.5 Å². The van der Waals surface area contributed by atoms with E-state index in [1.54, 1.807) is 14.2 Å². The van der Waals surface area contributed by atoms with Crippen molar-refractivity contribution in [3.05, 3.63) is 52.6 Å². The number of piperidine rings is 1. The van der Waals surface area contributed by atoms with Crippen LogP contribution in [0.5, 0.6) is 11.5 Å². The van der Waals surface area contributed by atoms with E-state index in [1.165, 1.54) is 4.31 Å². The van der Waals surface area contributed by atoms with Crippen molar-refractivity contribution in [2.75, 3.05) is 27.3 Å². The van der Waals surface area contributed by atoms with E-state index in [4.69, 9.17) is 9.47 Å². The van der Waals surface area contributed by atoms with E-state index >= 15 is 0 Å². The van der Waals surface area contributed by atoms with Gasteiger partial charge in [-0.05, 0) is 69.4 Å². The average Bonchev–Trinajstić information content (AvgIpc) is 2.77. The number of nitrogens with zero attached hydrogens (tertiary/aromatic N) is 1. The number of carbonyl (C=O) groups excluding carboxylic acids is 1. The molecule has 1 atom stereocenters. The molecule has 3 rings (SSSR count). The van der Waals surface area contributed by atoms with Crippen molar-refractivity contribution in [3.8, 4) is 11.5 Å². The molecule has 0 spiro atoms. The maximum Gasteiger partial charge on any atom is 0.243 e. The van der Waals surface area contributed by atoms with Gasteiger partial charge in [-0.2, -0.15) is 4.31 Å². The lowest BCUT2D eigenvalue weighted by Gasteiger charge is -2.32. The number of hydrogen-bond acceptors (Lipinski definition) is 5. The quantitative estimate of drug-likeness (QED) is 0.658. The van der Waals surface area contributed by atoms with Crippen LogP contribution in [0, 0.1) is 26.7 Å². The zero-order valence-corrected chi connectivity index (χ0v) is 21.1. The highest BCUT2D eigenvalue weighted by Crippen LogP contribution is 2.31. The minimum absolute atomic E-state index is 0.0583. The predicted molar refractivity (Wildman–Crippen MR) is 128 cm³/mol. The number of benzene rings is 2. The third-order valence-corrected chi connectivity index (χ3v) is 8.50. The third-order valence-electron chi connectivity index (χ3n) is 6.29. The molecule has 1 heterocycles. The lowest BCUT2D eigenvalue weighted by atomic mass is 9.96. The van der Waals surface area contributed by atoms with Crippen molar-refractivity contribution in [2.24, 2.45) is 5.92 Å². The molecule has 2 aromatic rings. The highest BCUT2D eigenvalue weighted by atomic mass is 32.2. The first-order valence-corrected chi connectivity index (χ1v) is 12.6. The van der Waals surface area contributed by atoms with Gasteiger partial charge in [0.05, 0.1) is 25.2 Å². The average molecular weight is 475 g/mol. The van der Waals surface area contributed by atoms with Crippen LogP contribution in [0.4, 0.5) is 0 Å². The van der Waals surface area contributed by atoms with Gasteiger partial charge in [-0.1, -0.05) is 23.8 Å². The molecule has 33 heavy (non-hydrogen) atoms. The van der Waals surface area contributed by atoms with Crippen molar-refractivity contribution in [1.82, 2.24) is 9.62 Å². The Bertz CT molecular complexity index is 1100. The Labute approximate surface area is 197 Å². The number of aryl methyl sites for hydroxylation is 3. The van der Waals surface area contributed by atoms with Crippen LogP contribution < -0.4 is 14.8 Å². The smallest absolute Gasteiger partial charge is 0.243 e. The molecule has 7 nitrogen and oxygen atoms in total. The van der Waals surface area contributed by atoms with Gasteiger partial charge in [0.1, 0.15) is 0 Å². The molecular formula is C25H34N2O5S. The Kier molecular flexibility index (Phi) is 7.69. The van der Waals surface area contributed by atoms with Crippen molar-refractivity contribution in [1.29, 1.82) is 0 Å². The second-order valence-electron chi connectivity index (χ2n) is 8.75. The van der Waals surface area contributed by atoms with Gasteiger partial charge in [0.2, 0.25) is 15.9 Å². The van der Waals surface area contributed by atoms with E-state index < -0.39 is 10.0 Å². The lowest BCUT2D eigenvalue weighted by molar-refractivity contribution is -0.126. The summed E-state index contributed by atoms with van der Waals surface area (Å²) in [5, 5.41) is 3.06. The van der Waals surface area contributed by atoms with Crippen LogP contribution in [0.2, 0.25) is 0 Å². The molecule has 1 aliphatic rings. The van der Waals surface area contributed by atoms with Crippen LogP contribution in [-0.4, -0.2) is 45.9 Å². The normalized spacial score (nSPS) is 16.3. The summed E-state index contributed by atoms with van der Waals surface area (Å²) >= 11 is 0. The van der Waals surface area contributed by atoms with E-state index in [0.717, 1.165) is 22.3 Å². The summed E-state index contributed by atoms with van der Waals surface area (Å²) in [6.45, 7) is 8.21. The van der Waals surface area contributed by atoms with Gasteiger partial charge in [-0.25, -0.2) is 8.42 Å². The zero-order valence-electron chi connectivity index (χ0n) is 20.3. The summed E-state index contributed by atoms with van der Waals surface area (Å²) in [7, 11) is -0.438. The number of methoxy groups -OCH3 is 2. The first-order chi connectivity index (χ1) is 15.6. The van der Waals surface area contributed by atoms with Crippen LogP contribution in [0.1, 0.15) is 48.1 Å². The molecule has 8 heteroatoms. The highest BCUT2D eigenvalue weighted by molar-refractivity contribution is 7.89. The molecule has 180 valence electrons. The molecule has 0 aliphatic carbocycles. The van der Waals surface area contributed by atoms with Crippen molar-refractivity contribution in [2.45, 2.75) is 51.5 Å². The summed E-state index contributed by atoms with van der Waals surface area (Å²) in [6, 6.07) is 9.15. The van der Waals surface area contributed by atoms with E-state index in [0.29, 0.717) is 42.3 Å². The molecule has 0 aromatic heterocycles. The second kappa shape index (κ2) is 10.1. The molecule has 0 unspecified atom stereocenters. The van der Waals surface area contributed by atoms with Gasteiger partial charge in [-0.15, -0.1) is 0 Å². The predicted octanol–water partition coefficient (Wildman–Crippen LogP) is 3.91. The minimum atomic E-state index is -3.59. The van der Waals surface area contributed by atoms with Gasteiger partial charge >= 0.3 is 0 Å². The number of rotatable bonds is 7. The summed E-state index contributed by atoms with van der Waals surface area (Å²) in [5.74, 6) is 0.958. The van der Waals surface area contributed by atoms with Crippen molar-refractivity contribution >= 4 is 15.9 Å². The number of ether oxygens (including phenoxy) is 2. The maximum atomic E-state index is 13.3. The van der Waals surface area contributed by atoms with E-state index in [-0.39, 0.29) is 17.9 Å². The van der Waals surface area contributed by atoms with Crippen LogP contribution in [-0.2, 0) is 14.8 Å². The molecule has 1 fully saturated rings.